The smallest absolute Gasteiger partial charge is 0.269 e. The Balaban J connectivity index is 1.86. The van der Waals surface area contributed by atoms with E-state index in [4.69, 9.17) is 11.6 Å². The van der Waals surface area contributed by atoms with Crippen LogP contribution in [0.5, 0.6) is 0 Å². The van der Waals surface area contributed by atoms with Gasteiger partial charge in [-0.2, -0.15) is 0 Å². The average Bonchev–Trinajstić information content (AvgIpc) is 3.04. The molecule has 2 aromatic rings. The molecule has 1 aliphatic rings. The summed E-state index contributed by atoms with van der Waals surface area (Å²) >= 11 is 7.91. The molecule has 2 aromatic carbocycles. The van der Waals surface area contributed by atoms with Crippen LogP contribution in [0.15, 0.2) is 48.5 Å². The van der Waals surface area contributed by atoms with Gasteiger partial charge in [0.1, 0.15) is 5.37 Å². The quantitative estimate of drug-likeness (QED) is 0.617. The van der Waals surface area contributed by atoms with Crippen LogP contribution in [0, 0.1) is 10.1 Å². The number of carbonyl (C=O) groups is 1. The van der Waals surface area contributed by atoms with E-state index in [0.717, 1.165) is 11.3 Å². The Morgan fingerprint density at radius 3 is 2.57 bits per heavy atom. The van der Waals surface area contributed by atoms with Crippen molar-refractivity contribution in [3.63, 3.8) is 0 Å². The summed E-state index contributed by atoms with van der Waals surface area (Å²) in [4.78, 5) is 24.7. The summed E-state index contributed by atoms with van der Waals surface area (Å²) in [7, 11) is 0. The Hall–Kier alpha value is -2.05. The predicted octanol–water partition coefficient (Wildman–Crippen LogP) is 4.14. The number of benzene rings is 2. The van der Waals surface area contributed by atoms with E-state index in [1.165, 1.54) is 24.3 Å². The molecule has 1 aliphatic heterocycles. The molecule has 3 rings (SSSR count). The Morgan fingerprint density at radius 2 is 1.91 bits per heavy atom. The number of amides is 1. The Kier molecular flexibility index (Phi) is 4.54. The van der Waals surface area contributed by atoms with Crippen LogP contribution < -0.4 is 0 Å². The zero-order valence-corrected chi connectivity index (χ0v) is 13.6. The molecule has 0 bridgehead atoms. The van der Waals surface area contributed by atoms with Gasteiger partial charge in [-0.3, -0.25) is 14.9 Å². The molecule has 1 fully saturated rings. The monoisotopic (exact) mass is 348 g/mol. The third-order valence-electron chi connectivity index (χ3n) is 3.65. The third kappa shape index (κ3) is 3.18. The van der Waals surface area contributed by atoms with Crippen LogP contribution in [-0.2, 0) is 0 Å². The molecule has 118 valence electrons. The van der Waals surface area contributed by atoms with Crippen LogP contribution in [0.1, 0.15) is 21.3 Å². The van der Waals surface area contributed by atoms with Gasteiger partial charge in [0.25, 0.3) is 11.6 Å². The SMILES string of the molecule is O=C(c1ccc([N+](=O)[O-])cc1)N1CCS[C@H]1c1ccccc1Cl. The van der Waals surface area contributed by atoms with E-state index >= 15 is 0 Å². The lowest BCUT2D eigenvalue weighted by atomic mass is 10.1. The molecule has 1 heterocycles. The molecular weight excluding hydrogens is 336 g/mol. The second-order valence-corrected chi connectivity index (χ2v) is 6.64. The van der Waals surface area contributed by atoms with E-state index in [1.54, 1.807) is 16.7 Å². The molecule has 0 aliphatic carbocycles. The first-order chi connectivity index (χ1) is 11.1. The molecule has 0 spiro atoms. The van der Waals surface area contributed by atoms with Crippen LogP contribution in [0.25, 0.3) is 0 Å². The Morgan fingerprint density at radius 1 is 1.22 bits per heavy atom. The van der Waals surface area contributed by atoms with Crippen molar-refractivity contribution in [1.82, 2.24) is 4.90 Å². The van der Waals surface area contributed by atoms with E-state index in [9.17, 15) is 14.9 Å². The number of nitrogens with zero attached hydrogens (tertiary/aromatic N) is 2. The van der Waals surface area contributed by atoms with Gasteiger partial charge in [-0.25, -0.2) is 0 Å². The molecule has 0 unspecified atom stereocenters. The van der Waals surface area contributed by atoms with Crippen LogP contribution in [-0.4, -0.2) is 28.0 Å². The highest BCUT2D eigenvalue weighted by atomic mass is 35.5. The lowest BCUT2D eigenvalue weighted by molar-refractivity contribution is -0.384. The van der Waals surface area contributed by atoms with Gasteiger partial charge in [-0.05, 0) is 18.2 Å². The van der Waals surface area contributed by atoms with Gasteiger partial charge in [0, 0.05) is 40.6 Å². The zero-order chi connectivity index (χ0) is 16.4. The maximum absolute atomic E-state index is 12.7. The van der Waals surface area contributed by atoms with Gasteiger partial charge in [0.15, 0.2) is 0 Å². The topological polar surface area (TPSA) is 63.4 Å². The second-order valence-electron chi connectivity index (χ2n) is 5.05. The number of halogens is 1. The minimum Gasteiger partial charge on any atom is -0.322 e. The van der Waals surface area contributed by atoms with Crippen LogP contribution >= 0.6 is 23.4 Å². The van der Waals surface area contributed by atoms with E-state index in [1.807, 2.05) is 24.3 Å². The maximum Gasteiger partial charge on any atom is 0.269 e. The van der Waals surface area contributed by atoms with Crippen molar-refractivity contribution in [3.8, 4) is 0 Å². The molecule has 1 amide bonds. The van der Waals surface area contributed by atoms with Gasteiger partial charge in [-0.1, -0.05) is 29.8 Å². The van der Waals surface area contributed by atoms with E-state index in [-0.39, 0.29) is 17.0 Å². The van der Waals surface area contributed by atoms with Gasteiger partial charge >= 0.3 is 0 Å². The minimum atomic E-state index is -0.480. The van der Waals surface area contributed by atoms with Crippen molar-refractivity contribution >= 4 is 35.0 Å². The summed E-state index contributed by atoms with van der Waals surface area (Å²) in [6.45, 7) is 0.621. The number of rotatable bonds is 3. The molecule has 1 atom stereocenters. The van der Waals surface area contributed by atoms with E-state index in [2.05, 4.69) is 0 Å². The van der Waals surface area contributed by atoms with Crippen molar-refractivity contribution in [2.24, 2.45) is 0 Å². The summed E-state index contributed by atoms with van der Waals surface area (Å²) in [5.41, 5.74) is 1.32. The normalized spacial score (nSPS) is 17.3. The van der Waals surface area contributed by atoms with E-state index < -0.39 is 4.92 Å². The average molecular weight is 349 g/mol. The van der Waals surface area contributed by atoms with Crippen molar-refractivity contribution in [2.45, 2.75) is 5.37 Å². The molecular formula is C16H13ClN2O3S. The highest BCUT2D eigenvalue weighted by molar-refractivity contribution is 7.99. The molecule has 0 aromatic heterocycles. The van der Waals surface area contributed by atoms with Gasteiger partial charge in [-0.15, -0.1) is 11.8 Å². The fourth-order valence-corrected chi connectivity index (χ4v) is 4.10. The molecule has 0 radical (unpaired) electrons. The summed E-state index contributed by atoms with van der Waals surface area (Å²) in [6, 6.07) is 13.2. The number of hydrogen-bond acceptors (Lipinski definition) is 4. The first kappa shape index (κ1) is 15.8. The number of nitro benzene ring substituents is 1. The predicted molar refractivity (Wildman–Crippen MR) is 90.8 cm³/mol. The molecule has 7 heteroatoms. The summed E-state index contributed by atoms with van der Waals surface area (Å²) in [6.07, 6.45) is 0. The Bertz CT molecular complexity index is 751. The maximum atomic E-state index is 12.7. The fourth-order valence-electron chi connectivity index (χ4n) is 2.50. The van der Waals surface area contributed by atoms with Crippen LogP contribution in [0.2, 0.25) is 5.02 Å². The number of hydrogen-bond donors (Lipinski definition) is 0. The van der Waals surface area contributed by atoms with Crippen LogP contribution in [0.4, 0.5) is 5.69 Å². The molecule has 23 heavy (non-hydrogen) atoms. The van der Waals surface area contributed by atoms with Gasteiger partial charge < -0.3 is 4.90 Å². The van der Waals surface area contributed by atoms with Crippen molar-refractivity contribution in [1.29, 1.82) is 0 Å². The zero-order valence-electron chi connectivity index (χ0n) is 12.0. The lowest BCUT2D eigenvalue weighted by Gasteiger charge is -2.25. The fraction of sp³-hybridized carbons (Fsp3) is 0.188. The van der Waals surface area contributed by atoms with E-state index in [0.29, 0.717) is 17.1 Å². The first-order valence-electron chi connectivity index (χ1n) is 6.99. The number of nitro groups is 1. The Labute approximate surface area is 142 Å². The van der Waals surface area contributed by atoms with Crippen LogP contribution in [0.3, 0.4) is 0 Å². The summed E-state index contributed by atoms with van der Waals surface area (Å²) < 4.78 is 0. The molecule has 5 nitrogen and oxygen atoms in total. The standard InChI is InChI=1S/C16H13ClN2O3S/c17-14-4-2-1-3-13(14)16-18(9-10-23-16)15(20)11-5-7-12(8-6-11)19(21)22/h1-8,16H,9-10H2/t16-/m0/s1. The third-order valence-corrected chi connectivity index (χ3v) is 5.23. The van der Waals surface area contributed by atoms with Crippen molar-refractivity contribution < 1.29 is 9.72 Å². The number of carbonyl (C=O) groups excluding carboxylic acids is 1. The summed E-state index contributed by atoms with van der Waals surface area (Å²) in [5.74, 6) is 0.684. The number of non-ortho nitro benzene ring substituents is 1. The largest absolute Gasteiger partial charge is 0.322 e. The molecule has 0 N–H and O–H groups in total. The summed E-state index contributed by atoms with van der Waals surface area (Å²) in [5, 5.41) is 11.2. The van der Waals surface area contributed by atoms with Crippen molar-refractivity contribution in [2.75, 3.05) is 12.3 Å². The highest BCUT2D eigenvalue weighted by Crippen LogP contribution is 2.41. The second kappa shape index (κ2) is 6.60. The van der Waals surface area contributed by atoms with Crippen molar-refractivity contribution in [3.05, 3.63) is 74.8 Å². The minimum absolute atomic E-state index is 0.0278. The molecule has 1 saturated heterocycles. The number of thioether (sulfide) groups is 1. The molecule has 0 saturated carbocycles. The lowest BCUT2D eigenvalue weighted by Crippen LogP contribution is -2.30. The van der Waals surface area contributed by atoms with Gasteiger partial charge in [0.2, 0.25) is 0 Å². The van der Waals surface area contributed by atoms with Gasteiger partial charge in [0.05, 0.1) is 4.92 Å². The highest BCUT2D eigenvalue weighted by Gasteiger charge is 2.32. The first-order valence-corrected chi connectivity index (χ1v) is 8.42.